The van der Waals surface area contributed by atoms with Gasteiger partial charge in [-0.25, -0.2) is 0 Å². The molecule has 0 heterocycles. The van der Waals surface area contributed by atoms with Crippen LogP contribution in [0.25, 0.3) is 0 Å². The first-order valence-electron chi connectivity index (χ1n) is 11.9. The average molecular weight is 436 g/mol. The Balaban J connectivity index is 2.42. The Hall–Kier alpha value is -2.11. The molecule has 0 aliphatic heterocycles. The summed E-state index contributed by atoms with van der Waals surface area (Å²) in [5.41, 5.74) is 0.778. The lowest BCUT2D eigenvalue weighted by atomic mass is 9.93. The molecule has 0 atom stereocenters. The number of hydrogen-bond donors (Lipinski definition) is 1. The van der Waals surface area contributed by atoms with Gasteiger partial charge in [-0.15, -0.1) is 0 Å². The minimum Gasteiger partial charge on any atom is -0.492 e. The number of carbonyl (C=O) groups is 3. The smallest absolute Gasteiger partial charge is 0.303 e. The Kier molecular flexibility index (Phi) is 13.6. The number of nitrogens with zero attached hydrogens (tertiary/aromatic N) is 1. The van der Waals surface area contributed by atoms with E-state index in [0.29, 0.717) is 30.7 Å². The van der Waals surface area contributed by atoms with Gasteiger partial charge in [-0.3, -0.25) is 14.4 Å². The van der Waals surface area contributed by atoms with Crippen LogP contribution in [0.4, 0.5) is 0 Å². The summed E-state index contributed by atoms with van der Waals surface area (Å²) in [4.78, 5) is 37.8. The first-order chi connectivity index (χ1) is 14.9. The number of ketones is 2. The van der Waals surface area contributed by atoms with Crippen LogP contribution in [0.3, 0.4) is 0 Å². The van der Waals surface area contributed by atoms with E-state index in [0.717, 1.165) is 19.3 Å². The van der Waals surface area contributed by atoms with Gasteiger partial charge in [0.25, 0.3) is 0 Å². The van der Waals surface area contributed by atoms with Crippen molar-refractivity contribution in [3.8, 4) is 0 Å². The molecule has 6 nitrogen and oxygen atoms in total. The molecule has 0 saturated carbocycles. The SMILES string of the molecule is CCCCCCCCCCCCCC1=C(OC)C(=O)C=C(N(C)CCCC(=O)O)C1=O. The van der Waals surface area contributed by atoms with Crippen molar-refractivity contribution in [1.29, 1.82) is 0 Å². The summed E-state index contributed by atoms with van der Waals surface area (Å²) in [5, 5.41) is 8.79. The molecule has 1 rings (SSSR count). The third-order valence-electron chi connectivity index (χ3n) is 5.80. The monoisotopic (exact) mass is 435 g/mol. The fourth-order valence-electron chi connectivity index (χ4n) is 3.95. The molecule has 0 spiro atoms. The van der Waals surface area contributed by atoms with Gasteiger partial charge in [-0.2, -0.15) is 0 Å². The number of methoxy groups -OCH3 is 1. The highest BCUT2D eigenvalue weighted by Crippen LogP contribution is 2.26. The minimum atomic E-state index is -0.868. The van der Waals surface area contributed by atoms with Crippen molar-refractivity contribution in [1.82, 2.24) is 4.90 Å². The molecule has 0 fully saturated rings. The highest BCUT2D eigenvalue weighted by atomic mass is 16.5. The van der Waals surface area contributed by atoms with Crippen LogP contribution >= 0.6 is 0 Å². The average Bonchev–Trinajstić information content (AvgIpc) is 2.73. The third kappa shape index (κ3) is 10.2. The molecule has 176 valence electrons. The maximum absolute atomic E-state index is 13.0. The molecular weight excluding hydrogens is 394 g/mol. The second kappa shape index (κ2) is 15.7. The third-order valence-corrected chi connectivity index (χ3v) is 5.80. The Labute approximate surface area is 187 Å². The number of carboxylic acid groups (broad SMARTS) is 1. The minimum absolute atomic E-state index is 0.0323. The molecule has 0 saturated heterocycles. The summed E-state index contributed by atoms with van der Waals surface area (Å²) in [6.45, 7) is 2.64. The Morgan fingerprint density at radius 2 is 1.48 bits per heavy atom. The number of aliphatic carboxylic acids is 1. The highest BCUT2D eigenvalue weighted by Gasteiger charge is 2.30. The van der Waals surface area contributed by atoms with Crippen LogP contribution < -0.4 is 0 Å². The molecule has 31 heavy (non-hydrogen) atoms. The van der Waals surface area contributed by atoms with Gasteiger partial charge in [0.05, 0.1) is 12.8 Å². The number of carboxylic acids is 1. The normalized spacial score (nSPS) is 14.1. The van der Waals surface area contributed by atoms with E-state index in [1.807, 2.05) is 0 Å². The van der Waals surface area contributed by atoms with E-state index < -0.39 is 5.97 Å². The van der Waals surface area contributed by atoms with Gasteiger partial charge < -0.3 is 14.7 Å². The van der Waals surface area contributed by atoms with Gasteiger partial charge in [0.1, 0.15) is 0 Å². The van der Waals surface area contributed by atoms with Crippen molar-refractivity contribution in [2.45, 2.75) is 96.8 Å². The topological polar surface area (TPSA) is 83.9 Å². The highest BCUT2D eigenvalue weighted by molar-refractivity contribution is 6.21. The van der Waals surface area contributed by atoms with Crippen LogP contribution in [0.5, 0.6) is 0 Å². The lowest BCUT2D eigenvalue weighted by Gasteiger charge is -2.25. The molecule has 0 aromatic rings. The molecule has 0 amide bonds. The van der Waals surface area contributed by atoms with E-state index in [4.69, 9.17) is 9.84 Å². The van der Waals surface area contributed by atoms with E-state index in [1.165, 1.54) is 64.6 Å². The zero-order chi connectivity index (χ0) is 23.1. The number of unbranched alkanes of at least 4 members (excludes halogenated alkanes) is 10. The van der Waals surface area contributed by atoms with Crippen LogP contribution in [-0.2, 0) is 19.1 Å². The number of allylic oxidation sites excluding steroid dienone is 2. The van der Waals surface area contributed by atoms with Crippen LogP contribution in [0.1, 0.15) is 96.8 Å². The maximum Gasteiger partial charge on any atom is 0.303 e. The van der Waals surface area contributed by atoms with Gasteiger partial charge in [0.15, 0.2) is 5.76 Å². The Morgan fingerprint density at radius 3 is 2.00 bits per heavy atom. The van der Waals surface area contributed by atoms with Gasteiger partial charge in [-0.1, -0.05) is 71.1 Å². The standard InChI is InChI=1S/C25H41NO5/c1-4-5-6-7-8-9-10-11-12-13-14-16-20-24(30)21(19-22(27)25(20)31-3)26(2)18-15-17-23(28)29/h19H,4-18H2,1-3H3,(H,28,29). The number of likely N-dealkylation sites (N-methyl/N-ethyl adjacent to an activating group) is 1. The largest absolute Gasteiger partial charge is 0.492 e. The van der Waals surface area contributed by atoms with Gasteiger partial charge in [0.2, 0.25) is 11.6 Å². The second-order valence-electron chi connectivity index (χ2n) is 8.44. The van der Waals surface area contributed by atoms with Crippen LogP contribution in [-0.4, -0.2) is 48.2 Å². The van der Waals surface area contributed by atoms with Crippen molar-refractivity contribution in [3.63, 3.8) is 0 Å². The lowest BCUT2D eigenvalue weighted by molar-refractivity contribution is -0.137. The Bertz CT molecular complexity index is 650. The number of Topliss-reactive ketones (excluding diaryl/α,β-unsaturated/α-hetero) is 1. The Morgan fingerprint density at radius 1 is 0.935 bits per heavy atom. The summed E-state index contributed by atoms with van der Waals surface area (Å²) in [6, 6.07) is 0. The predicted molar refractivity (Wildman–Crippen MR) is 123 cm³/mol. The first-order valence-corrected chi connectivity index (χ1v) is 11.9. The summed E-state index contributed by atoms with van der Waals surface area (Å²) in [6.07, 6.45) is 15.8. The molecule has 0 unspecified atom stereocenters. The molecule has 1 N–H and O–H groups in total. The number of hydrogen-bond acceptors (Lipinski definition) is 5. The predicted octanol–water partition coefficient (Wildman–Crippen LogP) is 5.42. The van der Waals surface area contributed by atoms with Crippen molar-refractivity contribution < 1.29 is 24.2 Å². The van der Waals surface area contributed by atoms with Gasteiger partial charge >= 0.3 is 5.97 Å². The lowest BCUT2D eigenvalue weighted by Crippen LogP contribution is -2.31. The van der Waals surface area contributed by atoms with Crippen LogP contribution in [0.2, 0.25) is 0 Å². The van der Waals surface area contributed by atoms with Gasteiger partial charge in [-0.05, 0) is 19.3 Å². The van der Waals surface area contributed by atoms with E-state index >= 15 is 0 Å². The van der Waals surface area contributed by atoms with E-state index in [-0.39, 0.29) is 23.7 Å². The molecular formula is C25H41NO5. The summed E-state index contributed by atoms with van der Waals surface area (Å²) >= 11 is 0. The van der Waals surface area contributed by atoms with Gasteiger partial charge in [0, 0.05) is 31.7 Å². The fourth-order valence-corrected chi connectivity index (χ4v) is 3.95. The van der Waals surface area contributed by atoms with Crippen LogP contribution in [0, 0.1) is 0 Å². The summed E-state index contributed by atoms with van der Waals surface area (Å²) < 4.78 is 5.25. The van der Waals surface area contributed by atoms with Crippen molar-refractivity contribution in [3.05, 3.63) is 23.1 Å². The zero-order valence-corrected chi connectivity index (χ0v) is 19.7. The summed E-state index contributed by atoms with van der Waals surface area (Å²) in [7, 11) is 3.15. The van der Waals surface area contributed by atoms with Crippen LogP contribution in [0.15, 0.2) is 23.1 Å². The molecule has 0 radical (unpaired) electrons. The molecule has 1 aliphatic carbocycles. The number of carbonyl (C=O) groups excluding carboxylic acids is 2. The molecule has 0 aromatic carbocycles. The maximum atomic E-state index is 13.0. The second-order valence-corrected chi connectivity index (χ2v) is 8.44. The quantitative estimate of drug-likeness (QED) is 0.229. The van der Waals surface area contributed by atoms with E-state index in [2.05, 4.69) is 6.92 Å². The first kappa shape index (κ1) is 26.9. The number of rotatable bonds is 18. The van der Waals surface area contributed by atoms with E-state index in [1.54, 1.807) is 11.9 Å². The number of ether oxygens (including phenoxy) is 1. The fraction of sp³-hybridized carbons (Fsp3) is 0.720. The molecule has 0 aromatic heterocycles. The van der Waals surface area contributed by atoms with Crippen molar-refractivity contribution in [2.24, 2.45) is 0 Å². The van der Waals surface area contributed by atoms with E-state index in [9.17, 15) is 14.4 Å². The summed E-state index contributed by atoms with van der Waals surface area (Å²) in [5.74, 6) is -1.19. The zero-order valence-electron chi connectivity index (χ0n) is 19.7. The molecule has 6 heteroatoms. The van der Waals surface area contributed by atoms with Crippen molar-refractivity contribution >= 4 is 17.5 Å². The molecule has 0 bridgehead atoms. The molecule has 1 aliphatic rings. The van der Waals surface area contributed by atoms with Crippen molar-refractivity contribution in [2.75, 3.05) is 20.7 Å².